The Labute approximate surface area is 286 Å². The molecule has 0 saturated carbocycles. The summed E-state index contributed by atoms with van der Waals surface area (Å²) in [6, 6.07) is 42.1. The van der Waals surface area contributed by atoms with Gasteiger partial charge in [0.05, 0.1) is 0 Å². The van der Waals surface area contributed by atoms with E-state index in [0.29, 0.717) is 12.5 Å². The minimum absolute atomic E-state index is 0. The first-order chi connectivity index (χ1) is 21.0. The van der Waals surface area contributed by atoms with Crippen LogP contribution in [0, 0.1) is 12.0 Å². The van der Waals surface area contributed by atoms with Crippen molar-refractivity contribution in [1.82, 2.24) is 0 Å². The maximum Gasteiger partial charge on any atom is 2.00 e. The van der Waals surface area contributed by atoms with Gasteiger partial charge in [-0.25, -0.2) is 5.57 Å². The summed E-state index contributed by atoms with van der Waals surface area (Å²) in [6.07, 6.45) is 11.1. The van der Waals surface area contributed by atoms with Gasteiger partial charge in [-0.3, -0.25) is 6.08 Å². The predicted octanol–water partition coefficient (Wildman–Crippen LogP) is 10.5. The molecule has 44 heavy (non-hydrogen) atoms. The number of allylic oxidation sites excluding steroid dienone is 4. The van der Waals surface area contributed by atoms with Crippen LogP contribution in [0.25, 0.3) is 16.9 Å². The van der Waals surface area contributed by atoms with Gasteiger partial charge in [0.2, 0.25) is 0 Å². The summed E-state index contributed by atoms with van der Waals surface area (Å²) in [4.78, 5) is 0. The Morgan fingerprint density at radius 2 is 0.977 bits per heavy atom. The van der Waals surface area contributed by atoms with Gasteiger partial charge in [0, 0.05) is 0 Å². The fraction of sp³-hybridized carbons (Fsp3) is 0.317. The Hall–Kier alpha value is -2.75. The van der Waals surface area contributed by atoms with E-state index < -0.39 is 0 Å². The van der Waals surface area contributed by atoms with Crippen LogP contribution in [-0.4, -0.2) is 16.1 Å². The minimum Gasteiger partial charge on any atom is -0.677 e. The van der Waals surface area contributed by atoms with Crippen LogP contribution in [0.5, 0.6) is 0 Å². The van der Waals surface area contributed by atoms with E-state index in [-0.39, 0.29) is 31.2 Å². The van der Waals surface area contributed by atoms with Gasteiger partial charge in [0.1, 0.15) is 9.52 Å². The summed E-state index contributed by atoms with van der Waals surface area (Å²) in [5.74, 6) is 0.560. The molecular formula is C41H52NSiTi. The summed E-state index contributed by atoms with van der Waals surface area (Å²) in [5.41, 5.74) is 13.7. The maximum absolute atomic E-state index is 6.88. The van der Waals surface area contributed by atoms with Gasteiger partial charge < -0.3 is 5.73 Å². The van der Waals surface area contributed by atoms with Crippen molar-refractivity contribution in [2.75, 3.05) is 6.54 Å². The summed E-state index contributed by atoms with van der Waals surface area (Å²) >= 11 is 0. The Kier molecular flexibility index (Phi) is 21.9. The molecule has 1 N–H and O–H groups in total. The van der Waals surface area contributed by atoms with E-state index in [0.717, 1.165) is 6.42 Å². The van der Waals surface area contributed by atoms with Crippen molar-refractivity contribution < 1.29 is 21.7 Å². The summed E-state index contributed by atoms with van der Waals surface area (Å²) in [6.45, 7) is 11.5. The monoisotopic (exact) mass is 634 g/mol. The van der Waals surface area contributed by atoms with Crippen molar-refractivity contribution in [1.29, 1.82) is 0 Å². The molecule has 229 valence electrons. The van der Waals surface area contributed by atoms with Crippen molar-refractivity contribution in [3.8, 4) is 11.1 Å². The number of hydrogen-bond acceptors (Lipinski definition) is 0. The van der Waals surface area contributed by atoms with Crippen LogP contribution in [-0.2, 0) is 21.7 Å². The van der Waals surface area contributed by atoms with Crippen molar-refractivity contribution >= 4 is 19.9 Å². The normalized spacial score (nSPS) is 13.1. The van der Waals surface area contributed by atoms with Crippen LogP contribution in [0.2, 0.25) is 0 Å². The molecule has 3 heteroatoms. The molecule has 0 fully saturated rings. The van der Waals surface area contributed by atoms with E-state index in [2.05, 4.69) is 150 Å². The number of rotatable bonds is 9. The third-order valence-electron chi connectivity index (χ3n) is 7.58. The molecule has 4 aromatic carbocycles. The van der Waals surface area contributed by atoms with Gasteiger partial charge in [0.15, 0.2) is 0 Å². The van der Waals surface area contributed by atoms with E-state index in [9.17, 15) is 0 Å². The van der Waals surface area contributed by atoms with Crippen LogP contribution in [0.15, 0.2) is 138 Å². The van der Waals surface area contributed by atoms with Gasteiger partial charge >= 0.3 is 21.7 Å². The standard InChI is InChI=1S/C12H11Si.C12H10.C9H13.C8H18N.Ti/c1-3-7-11(8-4-1)13-12-9-5-2-6-10-12;1-3-7-11(8-4-1)12-9-5-2-6-10-12;1-6-5-7(2)9(4)8(6)3;1-2-3-4-5-6-7-8-9;/h1-10,13H;1-10H;6H,1-4H3;9H,2-8H2,1H3;/q;;2*-1;+2. The molecule has 0 aromatic heterocycles. The van der Waals surface area contributed by atoms with Crippen molar-refractivity contribution in [3.05, 3.63) is 150 Å². The van der Waals surface area contributed by atoms with Crippen LogP contribution in [0.3, 0.4) is 0 Å². The first kappa shape index (κ1) is 39.3. The first-order valence-corrected chi connectivity index (χ1v) is 17.1. The zero-order valence-corrected chi connectivity index (χ0v) is 30.4. The summed E-state index contributed by atoms with van der Waals surface area (Å²) in [7, 11) is 0.271. The molecule has 5 rings (SSSR count). The molecule has 0 saturated heterocycles. The summed E-state index contributed by atoms with van der Waals surface area (Å²) in [5, 5.41) is 2.90. The van der Waals surface area contributed by atoms with Crippen molar-refractivity contribution in [2.24, 2.45) is 5.92 Å². The fourth-order valence-corrected chi connectivity index (χ4v) is 5.83. The van der Waals surface area contributed by atoms with E-state index in [1.807, 2.05) is 12.1 Å². The smallest absolute Gasteiger partial charge is 0.677 e. The van der Waals surface area contributed by atoms with Gasteiger partial charge in [-0.2, -0.15) is 17.7 Å². The molecule has 1 aliphatic rings. The van der Waals surface area contributed by atoms with Gasteiger partial charge in [0.25, 0.3) is 0 Å². The number of unbranched alkanes of at least 4 members (excludes halogenated alkanes) is 5. The largest absolute Gasteiger partial charge is 2.00 e. The second kappa shape index (κ2) is 24.6. The average molecular weight is 635 g/mol. The quantitative estimate of drug-likeness (QED) is 0.0994. The molecule has 1 unspecified atom stereocenters. The van der Waals surface area contributed by atoms with Crippen LogP contribution in [0.4, 0.5) is 0 Å². The molecule has 0 heterocycles. The van der Waals surface area contributed by atoms with E-state index in [4.69, 9.17) is 5.73 Å². The SMILES string of the molecule is CC1=[C-]C(C)C(C)=C1C.CCCCCCCC[NH-].[Ti+2].c1ccc(-c2ccccc2)cc1.c1ccc([SiH]c2ccccc2)cc1. The second-order valence-corrected chi connectivity index (χ2v) is 12.6. The molecule has 1 atom stereocenters. The molecule has 0 bridgehead atoms. The molecular weight excluding hydrogens is 582 g/mol. The summed E-state index contributed by atoms with van der Waals surface area (Å²) < 4.78 is 0. The predicted molar refractivity (Wildman–Crippen MR) is 194 cm³/mol. The minimum atomic E-state index is 0. The Morgan fingerprint density at radius 3 is 1.30 bits per heavy atom. The first-order valence-electron chi connectivity index (χ1n) is 15.9. The zero-order chi connectivity index (χ0) is 31.1. The van der Waals surface area contributed by atoms with E-state index in [1.165, 1.54) is 70.3 Å². The Bertz CT molecular complexity index is 1220. The van der Waals surface area contributed by atoms with Gasteiger partial charge in [-0.1, -0.05) is 204 Å². The average Bonchev–Trinajstić information content (AvgIpc) is 3.28. The molecule has 0 aliphatic heterocycles. The molecule has 0 amide bonds. The molecule has 4 aromatic rings. The zero-order valence-electron chi connectivity index (χ0n) is 27.7. The maximum atomic E-state index is 6.88. The van der Waals surface area contributed by atoms with E-state index >= 15 is 0 Å². The van der Waals surface area contributed by atoms with E-state index in [1.54, 1.807) is 0 Å². The molecule has 1 nitrogen and oxygen atoms in total. The molecule has 1 aliphatic carbocycles. The second-order valence-electron chi connectivity index (χ2n) is 11.0. The fourth-order valence-electron chi connectivity index (χ4n) is 4.62. The third-order valence-corrected chi connectivity index (χ3v) is 9.02. The van der Waals surface area contributed by atoms with Crippen LogP contribution in [0.1, 0.15) is 73.1 Å². The van der Waals surface area contributed by atoms with Crippen molar-refractivity contribution in [3.63, 3.8) is 0 Å². The molecule has 1 radical (unpaired) electrons. The Morgan fingerprint density at radius 1 is 0.591 bits per heavy atom. The number of benzene rings is 4. The van der Waals surface area contributed by atoms with Crippen molar-refractivity contribution in [2.45, 2.75) is 73.1 Å². The number of nitrogens with one attached hydrogen (secondary N) is 1. The Balaban J connectivity index is 0.000000296. The van der Waals surface area contributed by atoms with Crippen LogP contribution >= 0.6 is 0 Å². The topological polar surface area (TPSA) is 23.8 Å². The third kappa shape index (κ3) is 16.4. The molecule has 0 spiro atoms. The van der Waals surface area contributed by atoms with Crippen LogP contribution < -0.4 is 10.4 Å². The number of hydrogen-bond donors (Lipinski definition) is 0. The van der Waals surface area contributed by atoms with Gasteiger partial charge in [-0.15, -0.1) is 6.92 Å². The van der Waals surface area contributed by atoms with Gasteiger partial charge in [-0.05, 0) is 11.1 Å².